The normalized spacial score (nSPS) is 30.2. The molecule has 4 saturated carbocycles. The van der Waals surface area contributed by atoms with Gasteiger partial charge in [0.05, 0.1) is 24.8 Å². The van der Waals surface area contributed by atoms with Gasteiger partial charge in [-0.2, -0.15) is 13.2 Å². The quantitative estimate of drug-likeness (QED) is 0.471. The SMILES string of the molecule is O=C(NC12CC3CC(CC(C3)C1)C2)N1CC(OC(c2ccc(Cl)cc2)c2ccccc2C(F)(F)F)C1. The van der Waals surface area contributed by atoms with E-state index in [4.69, 9.17) is 16.3 Å². The van der Waals surface area contributed by atoms with Crippen molar-refractivity contribution in [3.05, 3.63) is 70.2 Å². The molecule has 8 heteroatoms. The zero-order valence-electron chi connectivity index (χ0n) is 19.9. The van der Waals surface area contributed by atoms with Crippen LogP contribution in [0, 0.1) is 17.8 Å². The lowest BCUT2D eigenvalue weighted by Gasteiger charge is -2.57. The molecular weight excluding hydrogens is 489 g/mol. The minimum Gasteiger partial charge on any atom is -0.362 e. The van der Waals surface area contributed by atoms with Gasteiger partial charge in [-0.1, -0.05) is 41.9 Å². The lowest BCUT2D eigenvalue weighted by atomic mass is 9.53. The Morgan fingerprint density at radius 3 is 2.14 bits per heavy atom. The predicted octanol–water partition coefficient (Wildman–Crippen LogP) is 6.83. The van der Waals surface area contributed by atoms with Crippen LogP contribution in [0.2, 0.25) is 5.02 Å². The third-order valence-corrected chi connectivity index (χ3v) is 8.85. The molecule has 4 aliphatic carbocycles. The highest BCUT2D eigenvalue weighted by Gasteiger charge is 2.52. The Morgan fingerprint density at radius 2 is 1.56 bits per heavy atom. The number of nitrogens with one attached hydrogen (secondary N) is 1. The topological polar surface area (TPSA) is 41.6 Å². The van der Waals surface area contributed by atoms with Gasteiger partial charge in [-0.25, -0.2) is 4.79 Å². The molecule has 1 atom stereocenters. The van der Waals surface area contributed by atoms with Crippen molar-refractivity contribution in [2.45, 2.75) is 62.4 Å². The first kappa shape index (κ1) is 24.1. The van der Waals surface area contributed by atoms with E-state index in [0.29, 0.717) is 23.7 Å². The average molecular weight is 519 g/mol. The van der Waals surface area contributed by atoms with Crippen molar-refractivity contribution in [3.63, 3.8) is 0 Å². The fourth-order valence-electron chi connectivity index (χ4n) is 7.40. The van der Waals surface area contributed by atoms with Crippen molar-refractivity contribution in [1.29, 1.82) is 0 Å². The molecule has 192 valence electrons. The first-order chi connectivity index (χ1) is 17.2. The lowest BCUT2D eigenvalue weighted by molar-refractivity contribution is -0.140. The maximum Gasteiger partial charge on any atom is 0.416 e. The molecule has 0 radical (unpaired) electrons. The molecular formula is C28H30ClF3N2O2. The van der Waals surface area contributed by atoms with Crippen molar-refractivity contribution in [2.24, 2.45) is 17.8 Å². The molecule has 1 N–H and O–H groups in total. The Labute approximate surface area is 214 Å². The van der Waals surface area contributed by atoms with E-state index in [2.05, 4.69) is 5.32 Å². The number of hydrogen-bond donors (Lipinski definition) is 1. The summed E-state index contributed by atoms with van der Waals surface area (Å²) < 4.78 is 47.7. The highest BCUT2D eigenvalue weighted by molar-refractivity contribution is 6.30. The predicted molar refractivity (Wildman–Crippen MR) is 131 cm³/mol. The van der Waals surface area contributed by atoms with Gasteiger partial charge in [0.2, 0.25) is 0 Å². The maximum atomic E-state index is 13.8. The first-order valence-corrected chi connectivity index (χ1v) is 13.2. The van der Waals surface area contributed by atoms with E-state index in [1.165, 1.54) is 31.4 Å². The molecule has 4 bridgehead atoms. The Kier molecular flexibility index (Phi) is 5.99. The molecule has 1 unspecified atom stereocenters. The van der Waals surface area contributed by atoms with Crippen LogP contribution >= 0.6 is 11.6 Å². The van der Waals surface area contributed by atoms with Crippen molar-refractivity contribution >= 4 is 17.6 Å². The van der Waals surface area contributed by atoms with Crippen LogP contribution in [0.1, 0.15) is 61.3 Å². The van der Waals surface area contributed by atoms with Gasteiger partial charge < -0.3 is 15.0 Å². The second kappa shape index (κ2) is 8.95. The number of alkyl halides is 3. The fourth-order valence-corrected chi connectivity index (χ4v) is 7.53. The van der Waals surface area contributed by atoms with Crippen molar-refractivity contribution < 1.29 is 22.7 Å². The molecule has 5 aliphatic rings. The van der Waals surface area contributed by atoms with E-state index in [-0.39, 0.29) is 23.2 Å². The maximum absolute atomic E-state index is 13.8. The highest BCUT2D eigenvalue weighted by atomic mass is 35.5. The lowest BCUT2D eigenvalue weighted by Crippen LogP contribution is -2.65. The molecule has 1 heterocycles. The number of urea groups is 1. The molecule has 2 aromatic rings. The number of nitrogens with zero attached hydrogens (tertiary/aromatic N) is 1. The third kappa shape index (κ3) is 4.60. The number of hydrogen-bond acceptors (Lipinski definition) is 2. The first-order valence-electron chi connectivity index (χ1n) is 12.8. The largest absolute Gasteiger partial charge is 0.416 e. The second-order valence-corrected chi connectivity index (χ2v) is 11.7. The fraction of sp³-hybridized carbons (Fsp3) is 0.536. The summed E-state index contributed by atoms with van der Waals surface area (Å²) in [6.45, 7) is 0.715. The Hall–Kier alpha value is -2.25. The van der Waals surface area contributed by atoms with E-state index in [1.54, 1.807) is 35.2 Å². The van der Waals surface area contributed by atoms with Crippen LogP contribution < -0.4 is 5.32 Å². The summed E-state index contributed by atoms with van der Waals surface area (Å²) in [6.07, 6.45) is 1.36. The van der Waals surface area contributed by atoms with E-state index in [1.807, 2.05) is 0 Å². The van der Waals surface area contributed by atoms with Gasteiger partial charge in [-0.05, 0) is 85.6 Å². The van der Waals surface area contributed by atoms with Crippen LogP contribution in [0.5, 0.6) is 0 Å². The molecule has 2 aromatic carbocycles. The summed E-state index contributed by atoms with van der Waals surface area (Å²) in [5.41, 5.74) is -0.146. The molecule has 1 aliphatic heterocycles. The summed E-state index contributed by atoms with van der Waals surface area (Å²) in [5, 5.41) is 3.86. The van der Waals surface area contributed by atoms with E-state index in [9.17, 15) is 18.0 Å². The zero-order chi connectivity index (χ0) is 25.1. The number of amides is 2. The second-order valence-electron chi connectivity index (χ2n) is 11.3. The van der Waals surface area contributed by atoms with Crippen LogP contribution in [0.3, 0.4) is 0 Å². The van der Waals surface area contributed by atoms with Gasteiger partial charge in [0.25, 0.3) is 0 Å². The molecule has 5 fully saturated rings. The number of halogens is 4. The number of benzene rings is 2. The van der Waals surface area contributed by atoms with Crippen LogP contribution in [-0.4, -0.2) is 35.7 Å². The minimum absolute atomic E-state index is 0.0591. The summed E-state index contributed by atoms with van der Waals surface area (Å²) in [7, 11) is 0. The van der Waals surface area contributed by atoms with Gasteiger partial charge in [0.15, 0.2) is 0 Å². The zero-order valence-corrected chi connectivity index (χ0v) is 20.7. The Morgan fingerprint density at radius 1 is 0.972 bits per heavy atom. The van der Waals surface area contributed by atoms with Crippen LogP contribution in [0.15, 0.2) is 48.5 Å². The van der Waals surface area contributed by atoms with Gasteiger partial charge >= 0.3 is 12.2 Å². The van der Waals surface area contributed by atoms with E-state index >= 15 is 0 Å². The summed E-state index contributed by atoms with van der Waals surface area (Å²) in [4.78, 5) is 14.8. The number of rotatable bonds is 5. The van der Waals surface area contributed by atoms with Crippen LogP contribution in [0.25, 0.3) is 0 Å². The van der Waals surface area contributed by atoms with E-state index < -0.39 is 17.8 Å². The van der Waals surface area contributed by atoms with Crippen LogP contribution in [0.4, 0.5) is 18.0 Å². The number of likely N-dealkylation sites (tertiary alicyclic amines) is 1. The van der Waals surface area contributed by atoms with Gasteiger partial charge in [-0.3, -0.25) is 0 Å². The summed E-state index contributed by atoms with van der Waals surface area (Å²) in [6, 6.07) is 12.1. The number of ether oxygens (including phenoxy) is 1. The molecule has 2 amide bonds. The molecule has 4 nitrogen and oxygen atoms in total. The highest BCUT2D eigenvalue weighted by Crippen LogP contribution is 2.55. The van der Waals surface area contributed by atoms with Gasteiger partial charge in [-0.15, -0.1) is 0 Å². The monoisotopic (exact) mass is 518 g/mol. The number of carbonyl (C=O) groups excluding carboxylic acids is 1. The molecule has 1 saturated heterocycles. The van der Waals surface area contributed by atoms with Crippen molar-refractivity contribution in [2.75, 3.05) is 13.1 Å². The molecule has 7 rings (SSSR count). The van der Waals surface area contributed by atoms with Crippen molar-refractivity contribution in [3.8, 4) is 0 Å². The summed E-state index contributed by atoms with van der Waals surface area (Å²) in [5.74, 6) is 2.20. The van der Waals surface area contributed by atoms with Crippen molar-refractivity contribution in [1.82, 2.24) is 10.2 Å². The average Bonchev–Trinajstić information content (AvgIpc) is 2.77. The smallest absolute Gasteiger partial charge is 0.362 e. The van der Waals surface area contributed by atoms with E-state index in [0.717, 1.165) is 43.1 Å². The minimum atomic E-state index is -4.51. The standard InChI is InChI=1S/C28H30ClF3N2O2/c29-21-7-5-20(6-8-21)25(23-3-1-2-4-24(23)28(30,31)32)36-22-15-34(16-22)26(35)33-27-12-17-9-18(13-27)11-19(10-17)14-27/h1-8,17-19,22,25H,9-16H2,(H,33,35). The summed E-state index contributed by atoms with van der Waals surface area (Å²) >= 11 is 6.02. The van der Waals surface area contributed by atoms with Gasteiger partial charge in [0.1, 0.15) is 6.10 Å². The molecule has 0 spiro atoms. The Bertz CT molecular complexity index is 1100. The van der Waals surface area contributed by atoms with Gasteiger partial charge in [0, 0.05) is 10.6 Å². The molecule has 36 heavy (non-hydrogen) atoms. The third-order valence-electron chi connectivity index (χ3n) is 8.60. The number of carbonyl (C=O) groups is 1. The molecule has 0 aromatic heterocycles. The van der Waals surface area contributed by atoms with Crippen LogP contribution in [-0.2, 0) is 10.9 Å². The Balaban J connectivity index is 1.15.